The van der Waals surface area contributed by atoms with Gasteiger partial charge in [-0.15, -0.1) is 0 Å². The second-order valence-electron chi connectivity index (χ2n) is 9.58. The third kappa shape index (κ3) is 4.25. The Labute approximate surface area is 221 Å². The minimum absolute atomic E-state index is 0.221. The number of rotatable bonds is 4. The molecule has 0 aromatic heterocycles. The summed E-state index contributed by atoms with van der Waals surface area (Å²) >= 11 is 0. The molecule has 0 spiro atoms. The normalized spacial score (nSPS) is 15.1. The molecule has 1 heterocycles. The Morgan fingerprint density at radius 3 is 1.79 bits per heavy atom. The Balaban J connectivity index is 1.30. The van der Waals surface area contributed by atoms with Crippen molar-refractivity contribution in [1.29, 1.82) is 0 Å². The lowest BCUT2D eigenvalue weighted by Crippen LogP contribution is -2.33. The Morgan fingerprint density at radius 2 is 1.00 bits per heavy atom. The maximum atomic E-state index is 5.03. The number of amidine groups is 2. The summed E-state index contributed by atoms with van der Waals surface area (Å²) in [5, 5.41) is 8.36. The summed E-state index contributed by atoms with van der Waals surface area (Å²) in [6, 6.07) is 48.8. The monoisotopic (exact) mass is 487 g/mol. The number of hydrogen-bond acceptors (Lipinski definition) is 3. The Morgan fingerprint density at radius 1 is 0.447 bits per heavy atom. The first-order valence-corrected chi connectivity index (χ1v) is 12.9. The van der Waals surface area contributed by atoms with Gasteiger partial charge in [0, 0.05) is 11.1 Å². The van der Waals surface area contributed by atoms with Crippen LogP contribution in [0.2, 0.25) is 0 Å². The van der Waals surface area contributed by atoms with Crippen LogP contribution in [0.15, 0.2) is 150 Å². The largest absolute Gasteiger partial charge is 0.344 e. The second kappa shape index (κ2) is 9.45. The molecular formula is C35H25N3. The first-order valence-electron chi connectivity index (χ1n) is 12.9. The molecule has 7 rings (SSSR count). The zero-order valence-corrected chi connectivity index (χ0v) is 20.8. The van der Waals surface area contributed by atoms with E-state index in [1.54, 1.807) is 0 Å². The molecule has 1 N–H and O–H groups in total. The van der Waals surface area contributed by atoms with E-state index in [4.69, 9.17) is 9.98 Å². The van der Waals surface area contributed by atoms with Gasteiger partial charge in [0.05, 0.1) is 0 Å². The summed E-state index contributed by atoms with van der Waals surface area (Å²) in [6.45, 7) is 0. The van der Waals surface area contributed by atoms with Gasteiger partial charge in [0.2, 0.25) is 0 Å². The molecule has 0 bridgehead atoms. The van der Waals surface area contributed by atoms with Crippen molar-refractivity contribution in [3.8, 4) is 11.1 Å². The molecule has 38 heavy (non-hydrogen) atoms. The van der Waals surface area contributed by atoms with Gasteiger partial charge in [-0.1, -0.05) is 121 Å². The summed E-state index contributed by atoms with van der Waals surface area (Å²) in [5.74, 6) is 1.56. The highest BCUT2D eigenvalue weighted by Crippen LogP contribution is 2.27. The molecule has 0 aliphatic carbocycles. The van der Waals surface area contributed by atoms with E-state index in [1.165, 1.54) is 32.7 Å². The molecular weight excluding hydrogens is 462 g/mol. The van der Waals surface area contributed by atoms with Gasteiger partial charge in [-0.05, 0) is 56.4 Å². The highest BCUT2D eigenvalue weighted by molar-refractivity contribution is 6.14. The van der Waals surface area contributed by atoms with Crippen molar-refractivity contribution in [2.45, 2.75) is 6.17 Å². The third-order valence-electron chi connectivity index (χ3n) is 7.09. The number of nitrogens with one attached hydrogen (secondary N) is 1. The maximum absolute atomic E-state index is 5.03. The molecule has 1 unspecified atom stereocenters. The predicted molar refractivity (Wildman–Crippen MR) is 159 cm³/mol. The van der Waals surface area contributed by atoms with E-state index < -0.39 is 0 Å². The van der Waals surface area contributed by atoms with Gasteiger partial charge in [0.25, 0.3) is 0 Å². The maximum Gasteiger partial charge on any atom is 0.159 e. The molecule has 180 valence electrons. The van der Waals surface area contributed by atoms with Gasteiger partial charge in [-0.25, -0.2) is 9.98 Å². The smallest absolute Gasteiger partial charge is 0.159 e. The van der Waals surface area contributed by atoms with E-state index in [0.29, 0.717) is 0 Å². The van der Waals surface area contributed by atoms with Crippen LogP contribution in [-0.4, -0.2) is 11.7 Å². The molecule has 0 saturated heterocycles. The summed E-state index contributed by atoms with van der Waals surface area (Å²) in [6.07, 6.45) is -0.221. The molecule has 1 atom stereocenters. The number of fused-ring (bicyclic) bond motifs is 2. The van der Waals surface area contributed by atoms with Crippen LogP contribution in [0.4, 0.5) is 0 Å². The standard InChI is InChI=1S/C35H25N3/c1-3-9-24(10-4-1)28-16-17-30-23-32(20-18-29(30)21-28)35-37-33(26-12-5-2-6-13-26)36-34(38-35)31-19-15-25-11-7-8-14-27(25)22-31/h1-23,33H,(H,36,37,38). The Hall–Kier alpha value is -5.02. The van der Waals surface area contributed by atoms with Crippen LogP contribution >= 0.6 is 0 Å². The van der Waals surface area contributed by atoms with Gasteiger partial charge in [0.15, 0.2) is 5.84 Å². The molecule has 6 aromatic carbocycles. The lowest BCUT2D eigenvalue weighted by Gasteiger charge is -2.24. The lowest BCUT2D eigenvalue weighted by atomic mass is 9.99. The van der Waals surface area contributed by atoms with E-state index in [1.807, 2.05) is 24.3 Å². The van der Waals surface area contributed by atoms with Crippen molar-refractivity contribution in [2.75, 3.05) is 0 Å². The minimum atomic E-state index is -0.221. The molecule has 0 radical (unpaired) electrons. The Bertz CT molecular complexity index is 1840. The number of hydrogen-bond donors (Lipinski definition) is 1. The summed E-state index contributed by atoms with van der Waals surface area (Å²) in [7, 11) is 0. The van der Waals surface area contributed by atoms with Gasteiger partial charge in [-0.2, -0.15) is 0 Å². The average molecular weight is 488 g/mol. The van der Waals surface area contributed by atoms with Crippen molar-refractivity contribution in [3.63, 3.8) is 0 Å². The van der Waals surface area contributed by atoms with Gasteiger partial charge in [-0.3, -0.25) is 0 Å². The van der Waals surface area contributed by atoms with Crippen LogP contribution in [0, 0.1) is 0 Å². The molecule has 0 saturated carbocycles. The van der Waals surface area contributed by atoms with Gasteiger partial charge in [0.1, 0.15) is 12.0 Å². The number of aliphatic imine (C=N–C) groups is 2. The molecule has 1 aliphatic rings. The van der Waals surface area contributed by atoms with Crippen molar-refractivity contribution in [1.82, 2.24) is 5.32 Å². The molecule has 0 amide bonds. The fourth-order valence-electron chi connectivity index (χ4n) is 5.06. The summed E-state index contributed by atoms with van der Waals surface area (Å²) in [5.41, 5.74) is 5.59. The van der Waals surface area contributed by atoms with Crippen LogP contribution in [-0.2, 0) is 0 Å². The van der Waals surface area contributed by atoms with Gasteiger partial charge < -0.3 is 5.32 Å². The number of nitrogens with zero attached hydrogens (tertiary/aromatic N) is 2. The quantitative estimate of drug-likeness (QED) is 0.268. The molecule has 0 fully saturated rings. The first-order chi connectivity index (χ1) is 18.8. The van der Waals surface area contributed by atoms with Crippen molar-refractivity contribution in [2.24, 2.45) is 9.98 Å². The highest BCUT2D eigenvalue weighted by atomic mass is 15.2. The van der Waals surface area contributed by atoms with E-state index in [0.717, 1.165) is 28.4 Å². The van der Waals surface area contributed by atoms with E-state index in [2.05, 4.69) is 121 Å². The highest BCUT2D eigenvalue weighted by Gasteiger charge is 2.21. The Kier molecular flexibility index (Phi) is 5.52. The van der Waals surface area contributed by atoms with E-state index in [-0.39, 0.29) is 6.17 Å². The first kappa shape index (κ1) is 22.2. The van der Waals surface area contributed by atoms with E-state index in [9.17, 15) is 0 Å². The fraction of sp³-hybridized carbons (Fsp3) is 0.0286. The van der Waals surface area contributed by atoms with Crippen LogP contribution < -0.4 is 5.32 Å². The van der Waals surface area contributed by atoms with Crippen molar-refractivity contribution < 1.29 is 0 Å². The number of benzene rings is 6. The zero-order valence-electron chi connectivity index (χ0n) is 20.8. The van der Waals surface area contributed by atoms with Crippen LogP contribution in [0.3, 0.4) is 0 Å². The fourth-order valence-corrected chi connectivity index (χ4v) is 5.06. The van der Waals surface area contributed by atoms with Crippen molar-refractivity contribution >= 4 is 33.2 Å². The molecule has 1 aliphatic heterocycles. The van der Waals surface area contributed by atoms with Crippen LogP contribution in [0.5, 0.6) is 0 Å². The van der Waals surface area contributed by atoms with Gasteiger partial charge >= 0.3 is 0 Å². The summed E-state index contributed by atoms with van der Waals surface area (Å²) < 4.78 is 0. The average Bonchev–Trinajstić information content (AvgIpc) is 3.01. The predicted octanol–water partition coefficient (Wildman–Crippen LogP) is 8.16. The summed E-state index contributed by atoms with van der Waals surface area (Å²) in [4.78, 5) is 10.1. The lowest BCUT2D eigenvalue weighted by molar-refractivity contribution is 0.674. The van der Waals surface area contributed by atoms with E-state index >= 15 is 0 Å². The second-order valence-corrected chi connectivity index (χ2v) is 9.58. The molecule has 6 aromatic rings. The van der Waals surface area contributed by atoms with Crippen molar-refractivity contribution in [3.05, 3.63) is 156 Å². The SMILES string of the molecule is c1ccc(-c2ccc3cc(C4=NC(c5ccc6ccccc6c5)=NC(c5ccccc5)N4)ccc3c2)cc1. The minimum Gasteiger partial charge on any atom is -0.344 e. The topological polar surface area (TPSA) is 36.8 Å². The van der Waals surface area contributed by atoms with Crippen LogP contribution in [0.25, 0.3) is 32.7 Å². The molecule has 3 heteroatoms. The zero-order chi connectivity index (χ0) is 25.3. The molecule has 3 nitrogen and oxygen atoms in total. The third-order valence-corrected chi connectivity index (χ3v) is 7.09. The van der Waals surface area contributed by atoms with Crippen LogP contribution in [0.1, 0.15) is 22.9 Å².